The summed E-state index contributed by atoms with van der Waals surface area (Å²) < 4.78 is 0. The Morgan fingerprint density at radius 2 is 2.43 bits per heavy atom. The van der Waals surface area contributed by atoms with E-state index in [2.05, 4.69) is 36.7 Å². The summed E-state index contributed by atoms with van der Waals surface area (Å²) >= 11 is 0. The van der Waals surface area contributed by atoms with Crippen LogP contribution in [-0.2, 0) is 0 Å². The van der Waals surface area contributed by atoms with E-state index in [9.17, 15) is 0 Å². The zero-order valence-corrected chi connectivity index (χ0v) is 8.48. The lowest BCUT2D eigenvalue weighted by Gasteiger charge is -2.25. The molecule has 1 heteroatoms. The van der Waals surface area contributed by atoms with Crippen LogP contribution in [0, 0.1) is 5.92 Å². The highest BCUT2D eigenvalue weighted by Crippen LogP contribution is 2.35. The second kappa shape index (κ2) is 3.79. The van der Waals surface area contributed by atoms with Crippen LogP contribution >= 0.6 is 0 Å². The van der Waals surface area contributed by atoms with E-state index in [0.29, 0.717) is 11.8 Å². The second-order valence-corrected chi connectivity index (χ2v) is 3.83. The van der Waals surface area contributed by atoms with Crippen molar-refractivity contribution < 1.29 is 0 Å². The molecule has 0 spiro atoms. The second-order valence-electron chi connectivity index (χ2n) is 3.83. The molecule has 0 unspecified atom stereocenters. The highest BCUT2D eigenvalue weighted by molar-refractivity contribution is 5.54. The van der Waals surface area contributed by atoms with Crippen molar-refractivity contribution in [1.29, 1.82) is 0 Å². The number of allylic oxidation sites excluding steroid dienone is 2. The Hall–Kier alpha value is -1.37. The molecule has 0 aromatic carbocycles. The lowest BCUT2D eigenvalue weighted by Crippen LogP contribution is -2.12. The Morgan fingerprint density at radius 1 is 1.57 bits per heavy atom. The Kier molecular flexibility index (Phi) is 2.49. The van der Waals surface area contributed by atoms with E-state index in [0.717, 1.165) is 12.1 Å². The van der Waals surface area contributed by atoms with Gasteiger partial charge in [0.2, 0.25) is 0 Å². The molecule has 1 aliphatic carbocycles. The molecule has 0 amide bonds. The summed E-state index contributed by atoms with van der Waals surface area (Å²) in [6.45, 7) is 6.07. The fourth-order valence-corrected chi connectivity index (χ4v) is 2.06. The van der Waals surface area contributed by atoms with Crippen molar-refractivity contribution in [2.45, 2.75) is 19.3 Å². The molecule has 0 bridgehead atoms. The molecular formula is C13H15N. The Balaban J connectivity index is 2.42. The summed E-state index contributed by atoms with van der Waals surface area (Å²) in [5.41, 5.74) is 2.49. The van der Waals surface area contributed by atoms with E-state index in [-0.39, 0.29) is 0 Å². The molecule has 0 radical (unpaired) electrons. The molecule has 0 N–H and O–H groups in total. The van der Waals surface area contributed by atoms with Crippen molar-refractivity contribution in [1.82, 2.24) is 4.98 Å². The first-order valence-electron chi connectivity index (χ1n) is 5.07. The van der Waals surface area contributed by atoms with Gasteiger partial charge >= 0.3 is 0 Å². The number of hydrogen-bond donors (Lipinski definition) is 0. The SMILES string of the molecule is C=CC[C@H]1c2cccnc2C=C[C@H]1C. The van der Waals surface area contributed by atoms with Crippen molar-refractivity contribution >= 4 is 6.08 Å². The maximum Gasteiger partial charge on any atom is 0.0661 e. The molecule has 1 nitrogen and oxygen atoms in total. The quantitative estimate of drug-likeness (QED) is 0.643. The van der Waals surface area contributed by atoms with Crippen molar-refractivity contribution in [3.63, 3.8) is 0 Å². The van der Waals surface area contributed by atoms with E-state index in [1.165, 1.54) is 5.56 Å². The number of fused-ring (bicyclic) bond motifs is 1. The molecule has 1 aliphatic rings. The summed E-state index contributed by atoms with van der Waals surface area (Å²) in [7, 11) is 0. The maximum absolute atomic E-state index is 4.37. The van der Waals surface area contributed by atoms with Gasteiger partial charge in [0.05, 0.1) is 5.69 Å². The molecule has 2 atom stereocenters. The molecule has 1 heterocycles. The maximum atomic E-state index is 4.37. The molecule has 0 fully saturated rings. The van der Waals surface area contributed by atoms with Gasteiger partial charge in [-0.2, -0.15) is 0 Å². The number of nitrogens with zero attached hydrogens (tertiary/aromatic N) is 1. The van der Waals surface area contributed by atoms with Crippen LogP contribution < -0.4 is 0 Å². The molecule has 1 aromatic heterocycles. The van der Waals surface area contributed by atoms with Crippen molar-refractivity contribution in [2.24, 2.45) is 5.92 Å². The van der Waals surface area contributed by atoms with Gasteiger partial charge in [-0.05, 0) is 36.0 Å². The van der Waals surface area contributed by atoms with Crippen LogP contribution in [0.4, 0.5) is 0 Å². The number of hydrogen-bond acceptors (Lipinski definition) is 1. The molecule has 0 saturated carbocycles. The van der Waals surface area contributed by atoms with Gasteiger partial charge in [-0.1, -0.05) is 25.1 Å². The van der Waals surface area contributed by atoms with Crippen LogP contribution in [0.2, 0.25) is 0 Å². The van der Waals surface area contributed by atoms with Crippen LogP contribution in [0.3, 0.4) is 0 Å². The van der Waals surface area contributed by atoms with Gasteiger partial charge in [0.1, 0.15) is 0 Å². The van der Waals surface area contributed by atoms with Gasteiger partial charge in [-0.3, -0.25) is 4.98 Å². The normalized spacial score (nSPS) is 24.4. The van der Waals surface area contributed by atoms with E-state index >= 15 is 0 Å². The van der Waals surface area contributed by atoms with Gasteiger partial charge in [-0.15, -0.1) is 6.58 Å². The Bertz CT molecular complexity index is 365. The lowest BCUT2D eigenvalue weighted by molar-refractivity contribution is 0.545. The lowest BCUT2D eigenvalue weighted by atomic mass is 9.80. The van der Waals surface area contributed by atoms with E-state index in [1.54, 1.807) is 0 Å². The minimum atomic E-state index is 0.557. The largest absolute Gasteiger partial charge is 0.257 e. The molecule has 2 rings (SSSR count). The van der Waals surface area contributed by atoms with Gasteiger partial charge in [0.25, 0.3) is 0 Å². The van der Waals surface area contributed by atoms with Gasteiger partial charge in [0, 0.05) is 6.20 Å². The predicted octanol–water partition coefficient (Wildman–Crippen LogP) is 3.40. The number of aromatic nitrogens is 1. The van der Waals surface area contributed by atoms with E-state index in [4.69, 9.17) is 0 Å². The zero-order chi connectivity index (χ0) is 9.97. The summed E-state index contributed by atoms with van der Waals surface area (Å²) in [6, 6.07) is 4.19. The van der Waals surface area contributed by atoms with Gasteiger partial charge < -0.3 is 0 Å². The van der Waals surface area contributed by atoms with E-state index in [1.807, 2.05) is 18.3 Å². The topological polar surface area (TPSA) is 12.9 Å². The molecule has 1 aromatic rings. The number of rotatable bonds is 2. The average Bonchev–Trinajstić information content (AvgIpc) is 2.23. The van der Waals surface area contributed by atoms with Crippen molar-refractivity contribution in [2.75, 3.05) is 0 Å². The van der Waals surface area contributed by atoms with Gasteiger partial charge in [-0.25, -0.2) is 0 Å². The number of pyridine rings is 1. The fraction of sp³-hybridized carbons (Fsp3) is 0.308. The van der Waals surface area contributed by atoms with Crippen LogP contribution in [0.15, 0.2) is 37.1 Å². The molecular weight excluding hydrogens is 170 g/mol. The van der Waals surface area contributed by atoms with Crippen LogP contribution in [0.5, 0.6) is 0 Å². The monoisotopic (exact) mass is 185 g/mol. The first-order valence-corrected chi connectivity index (χ1v) is 5.07. The first-order chi connectivity index (χ1) is 6.83. The standard InChI is InChI=1S/C13H15N/c1-3-5-11-10(2)7-8-13-12(11)6-4-9-14-13/h3-4,6-11H,1,5H2,2H3/t10-,11-/m1/s1. The third kappa shape index (κ3) is 1.50. The molecule has 0 aliphatic heterocycles. The van der Waals surface area contributed by atoms with Crippen molar-refractivity contribution in [3.8, 4) is 0 Å². The average molecular weight is 185 g/mol. The fourth-order valence-electron chi connectivity index (χ4n) is 2.06. The van der Waals surface area contributed by atoms with Crippen LogP contribution in [0.1, 0.15) is 30.5 Å². The van der Waals surface area contributed by atoms with E-state index < -0.39 is 0 Å². The van der Waals surface area contributed by atoms with Crippen molar-refractivity contribution in [3.05, 3.63) is 48.3 Å². The third-order valence-corrected chi connectivity index (χ3v) is 2.88. The summed E-state index contributed by atoms with van der Waals surface area (Å²) in [6.07, 6.45) is 9.24. The smallest absolute Gasteiger partial charge is 0.0661 e. The molecule has 0 saturated heterocycles. The summed E-state index contributed by atoms with van der Waals surface area (Å²) in [5.74, 6) is 1.14. The predicted molar refractivity (Wildman–Crippen MR) is 60.0 cm³/mol. The third-order valence-electron chi connectivity index (χ3n) is 2.88. The minimum absolute atomic E-state index is 0.557. The minimum Gasteiger partial charge on any atom is -0.257 e. The Labute approximate surface area is 85.2 Å². The Morgan fingerprint density at radius 3 is 3.21 bits per heavy atom. The molecule has 14 heavy (non-hydrogen) atoms. The summed E-state index contributed by atoms with van der Waals surface area (Å²) in [4.78, 5) is 4.37. The highest BCUT2D eigenvalue weighted by Gasteiger charge is 2.21. The summed E-state index contributed by atoms with van der Waals surface area (Å²) in [5, 5.41) is 0. The van der Waals surface area contributed by atoms with Crippen LogP contribution in [0.25, 0.3) is 6.08 Å². The zero-order valence-electron chi connectivity index (χ0n) is 8.48. The highest BCUT2D eigenvalue weighted by atomic mass is 14.7. The van der Waals surface area contributed by atoms with Gasteiger partial charge in [0.15, 0.2) is 0 Å². The first kappa shape index (κ1) is 9.20. The van der Waals surface area contributed by atoms with Crippen LogP contribution in [-0.4, -0.2) is 4.98 Å². The molecule has 72 valence electrons.